The monoisotopic (exact) mass is 284 g/mol. The molecule has 0 aliphatic carbocycles. The summed E-state index contributed by atoms with van der Waals surface area (Å²) in [5.74, 6) is -0.709. The number of carbonyl (C=O) groups excluding carboxylic acids is 3. The zero-order valence-corrected chi connectivity index (χ0v) is 12.5. The molecule has 0 bridgehead atoms. The van der Waals surface area contributed by atoms with E-state index in [1.54, 1.807) is 30.9 Å². The largest absolute Gasteiger partial charge is 0.369 e. The van der Waals surface area contributed by atoms with Gasteiger partial charge in [0.15, 0.2) is 0 Å². The van der Waals surface area contributed by atoms with Crippen molar-refractivity contribution in [1.29, 1.82) is 0 Å². The quantitative estimate of drug-likeness (QED) is 0.682. The van der Waals surface area contributed by atoms with Gasteiger partial charge in [-0.2, -0.15) is 0 Å². The number of nitrogens with zero attached hydrogens (tertiary/aromatic N) is 3. The van der Waals surface area contributed by atoms with Gasteiger partial charge in [0.25, 0.3) is 0 Å². The van der Waals surface area contributed by atoms with Crippen LogP contribution in [0.2, 0.25) is 0 Å². The SMILES string of the molecule is CN(CC(=O)N(C)C)CC(=O)N1CCCC(C(N)=O)C1. The van der Waals surface area contributed by atoms with Crippen LogP contribution in [0.25, 0.3) is 0 Å². The molecule has 0 aromatic heterocycles. The Labute approximate surface area is 119 Å². The van der Waals surface area contributed by atoms with Crippen molar-refractivity contribution in [3.05, 3.63) is 0 Å². The lowest BCUT2D eigenvalue weighted by Crippen LogP contribution is -2.48. The van der Waals surface area contributed by atoms with Gasteiger partial charge in [-0.3, -0.25) is 19.3 Å². The fourth-order valence-electron chi connectivity index (χ4n) is 2.20. The number of piperidine rings is 1. The predicted molar refractivity (Wildman–Crippen MR) is 74.7 cm³/mol. The van der Waals surface area contributed by atoms with Crippen molar-refractivity contribution in [2.45, 2.75) is 12.8 Å². The molecule has 20 heavy (non-hydrogen) atoms. The zero-order chi connectivity index (χ0) is 15.3. The second-order valence-corrected chi connectivity index (χ2v) is 5.54. The fraction of sp³-hybridized carbons (Fsp3) is 0.769. The van der Waals surface area contributed by atoms with Gasteiger partial charge >= 0.3 is 0 Å². The minimum absolute atomic E-state index is 0.0473. The predicted octanol–water partition coefficient (Wildman–Crippen LogP) is -1.27. The molecule has 1 heterocycles. The summed E-state index contributed by atoms with van der Waals surface area (Å²) in [6.45, 7) is 1.42. The molecule has 0 aromatic rings. The van der Waals surface area contributed by atoms with E-state index in [1.807, 2.05) is 0 Å². The molecule has 1 atom stereocenters. The number of carbonyl (C=O) groups is 3. The van der Waals surface area contributed by atoms with Crippen LogP contribution in [0.15, 0.2) is 0 Å². The standard InChI is InChI=1S/C13H24N4O3/c1-15(2)11(18)8-16(3)9-12(19)17-6-4-5-10(7-17)13(14)20/h10H,4-9H2,1-3H3,(H2,14,20). The molecule has 1 aliphatic rings. The van der Waals surface area contributed by atoms with Crippen molar-refractivity contribution in [3.8, 4) is 0 Å². The Morgan fingerprint density at radius 3 is 2.40 bits per heavy atom. The lowest BCUT2D eigenvalue weighted by Gasteiger charge is -2.32. The van der Waals surface area contributed by atoms with Crippen LogP contribution in [-0.2, 0) is 14.4 Å². The topological polar surface area (TPSA) is 87.0 Å². The summed E-state index contributed by atoms with van der Waals surface area (Å²) in [6.07, 6.45) is 1.54. The van der Waals surface area contributed by atoms with Crippen molar-refractivity contribution in [2.24, 2.45) is 11.7 Å². The first-order valence-corrected chi connectivity index (χ1v) is 6.77. The normalized spacial score (nSPS) is 19.0. The Bertz CT molecular complexity index is 384. The van der Waals surface area contributed by atoms with Gasteiger partial charge in [-0.25, -0.2) is 0 Å². The summed E-state index contributed by atoms with van der Waals surface area (Å²) >= 11 is 0. The highest BCUT2D eigenvalue weighted by atomic mass is 16.2. The molecule has 1 saturated heterocycles. The molecule has 0 aromatic carbocycles. The summed E-state index contributed by atoms with van der Waals surface area (Å²) < 4.78 is 0. The third kappa shape index (κ3) is 4.80. The molecular weight excluding hydrogens is 260 g/mol. The van der Waals surface area contributed by atoms with Gasteiger partial charge in [0.05, 0.1) is 19.0 Å². The Morgan fingerprint density at radius 2 is 1.85 bits per heavy atom. The lowest BCUT2D eigenvalue weighted by atomic mass is 9.97. The number of rotatable bonds is 5. The number of likely N-dealkylation sites (tertiary alicyclic amines) is 1. The minimum atomic E-state index is -0.348. The smallest absolute Gasteiger partial charge is 0.236 e. The highest BCUT2D eigenvalue weighted by Gasteiger charge is 2.27. The van der Waals surface area contributed by atoms with Crippen LogP contribution in [0.5, 0.6) is 0 Å². The molecule has 1 rings (SSSR count). The third-order valence-corrected chi connectivity index (χ3v) is 3.49. The molecule has 114 valence electrons. The van der Waals surface area contributed by atoms with Crippen molar-refractivity contribution < 1.29 is 14.4 Å². The number of nitrogens with two attached hydrogens (primary N) is 1. The van der Waals surface area contributed by atoms with Gasteiger partial charge < -0.3 is 15.5 Å². The Balaban J connectivity index is 2.45. The van der Waals surface area contributed by atoms with Gasteiger partial charge in [0, 0.05) is 27.2 Å². The number of primary amides is 1. The van der Waals surface area contributed by atoms with E-state index in [0.29, 0.717) is 13.1 Å². The maximum absolute atomic E-state index is 12.1. The van der Waals surface area contributed by atoms with Crippen LogP contribution in [0.3, 0.4) is 0 Å². The molecule has 0 saturated carbocycles. The molecule has 1 aliphatic heterocycles. The van der Waals surface area contributed by atoms with Crippen LogP contribution < -0.4 is 5.73 Å². The van der Waals surface area contributed by atoms with E-state index in [-0.39, 0.29) is 36.7 Å². The van der Waals surface area contributed by atoms with Crippen molar-refractivity contribution in [2.75, 3.05) is 47.3 Å². The second kappa shape index (κ2) is 7.23. The van der Waals surface area contributed by atoms with E-state index in [1.165, 1.54) is 4.90 Å². The van der Waals surface area contributed by atoms with Crippen LogP contribution in [0, 0.1) is 5.92 Å². The maximum Gasteiger partial charge on any atom is 0.236 e. The van der Waals surface area contributed by atoms with E-state index < -0.39 is 0 Å². The number of hydrogen-bond acceptors (Lipinski definition) is 4. The van der Waals surface area contributed by atoms with Gasteiger partial charge in [0.2, 0.25) is 17.7 Å². The van der Waals surface area contributed by atoms with E-state index in [0.717, 1.165) is 12.8 Å². The average molecular weight is 284 g/mol. The number of amides is 3. The van der Waals surface area contributed by atoms with E-state index in [2.05, 4.69) is 0 Å². The number of likely N-dealkylation sites (N-methyl/N-ethyl adjacent to an activating group) is 2. The first-order valence-electron chi connectivity index (χ1n) is 6.77. The second-order valence-electron chi connectivity index (χ2n) is 5.54. The third-order valence-electron chi connectivity index (χ3n) is 3.49. The molecule has 1 unspecified atom stereocenters. The zero-order valence-electron chi connectivity index (χ0n) is 12.5. The van der Waals surface area contributed by atoms with Crippen LogP contribution in [0.4, 0.5) is 0 Å². The molecule has 7 heteroatoms. The summed E-state index contributed by atoms with van der Waals surface area (Å²) in [7, 11) is 5.09. The summed E-state index contributed by atoms with van der Waals surface area (Å²) in [6, 6.07) is 0. The molecular formula is C13H24N4O3. The van der Waals surface area contributed by atoms with Gasteiger partial charge in [0.1, 0.15) is 0 Å². The van der Waals surface area contributed by atoms with Crippen molar-refractivity contribution in [3.63, 3.8) is 0 Å². The lowest BCUT2D eigenvalue weighted by molar-refractivity contribution is -0.136. The van der Waals surface area contributed by atoms with Gasteiger partial charge in [-0.05, 0) is 19.9 Å². The highest BCUT2D eigenvalue weighted by Crippen LogP contribution is 2.16. The molecule has 7 nitrogen and oxygen atoms in total. The first kappa shape index (κ1) is 16.4. The first-order chi connectivity index (χ1) is 9.31. The van der Waals surface area contributed by atoms with E-state index in [4.69, 9.17) is 5.73 Å². The molecule has 1 fully saturated rings. The van der Waals surface area contributed by atoms with E-state index in [9.17, 15) is 14.4 Å². The number of hydrogen-bond donors (Lipinski definition) is 1. The maximum atomic E-state index is 12.1. The molecule has 2 N–H and O–H groups in total. The van der Waals surface area contributed by atoms with Crippen LogP contribution in [-0.4, -0.2) is 79.7 Å². The highest BCUT2D eigenvalue weighted by molar-refractivity contribution is 5.82. The van der Waals surface area contributed by atoms with Crippen molar-refractivity contribution >= 4 is 17.7 Å². The van der Waals surface area contributed by atoms with Gasteiger partial charge in [-0.1, -0.05) is 0 Å². The van der Waals surface area contributed by atoms with Gasteiger partial charge in [-0.15, -0.1) is 0 Å². The van der Waals surface area contributed by atoms with Crippen molar-refractivity contribution in [1.82, 2.24) is 14.7 Å². The summed E-state index contributed by atoms with van der Waals surface area (Å²) in [4.78, 5) is 39.7. The van der Waals surface area contributed by atoms with Crippen LogP contribution in [0.1, 0.15) is 12.8 Å². The van der Waals surface area contributed by atoms with E-state index >= 15 is 0 Å². The summed E-state index contributed by atoms with van der Waals surface area (Å²) in [5.41, 5.74) is 5.29. The van der Waals surface area contributed by atoms with Crippen LogP contribution >= 0.6 is 0 Å². The Hall–Kier alpha value is -1.63. The molecule has 0 radical (unpaired) electrons. The Morgan fingerprint density at radius 1 is 1.20 bits per heavy atom. The summed E-state index contributed by atoms with van der Waals surface area (Å²) in [5, 5.41) is 0. The molecule has 3 amide bonds. The fourth-order valence-corrected chi connectivity index (χ4v) is 2.20. The average Bonchev–Trinajstić information content (AvgIpc) is 2.38. The molecule has 0 spiro atoms. The Kier molecular flexibility index (Phi) is 5.94. The minimum Gasteiger partial charge on any atom is -0.369 e.